The van der Waals surface area contributed by atoms with Crippen molar-refractivity contribution in [1.82, 2.24) is 9.88 Å². The average Bonchev–Trinajstić information content (AvgIpc) is 3.10. The van der Waals surface area contributed by atoms with Gasteiger partial charge in [0.1, 0.15) is 0 Å². The van der Waals surface area contributed by atoms with E-state index in [1.807, 2.05) is 12.1 Å². The van der Waals surface area contributed by atoms with Crippen LogP contribution in [0.15, 0.2) is 51.2 Å². The molecule has 1 N–H and O–H groups in total. The molecule has 2 aliphatic carbocycles. The molecule has 1 saturated carbocycles. The Bertz CT molecular complexity index is 967. The fraction of sp³-hybridized carbons (Fsp3) is 0.522. The van der Waals surface area contributed by atoms with Crippen molar-refractivity contribution in [2.45, 2.75) is 56.9 Å². The van der Waals surface area contributed by atoms with Crippen molar-refractivity contribution in [3.63, 3.8) is 0 Å². The summed E-state index contributed by atoms with van der Waals surface area (Å²) in [6.45, 7) is 0.980. The first kappa shape index (κ1) is 20.1. The van der Waals surface area contributed by atoms with Crippen molar-refractivity contribution in [2.24, 2.45) is 5.92 Å². The van der Waals surface area contributed by atoms with Crippen LogP contribution in [-0.4, -0.2) is 29.5 Å². The second-order valence-corrected chi connectivity index (χ2v) is 8.46. The summed E-state index contributed by atoms with van der Waals surface area (Å²) >= 11 is 0. The van der Waals surface area contributed by atoms with Crippen molar-refractivity contribution in [3.8, 4) is 0 Å². The maximum absolute atomic E-state index is 13.4. The molecule has 1 heterocycles. The summed E-state index contributed by atoms with van der Waals surface area (Å²) in [5.41, 5.74) is 2.63. The Labute approximate surface area is 169 Å². The molecule has 2 aromatic rings. The Hall–Kier alpha value is -2.21. The van der Waals surface area contributed by atoms with Gasteiger partial charge in [-0.1, -0.05) is 6.07 Å². The second-order valence-electron chi connectivity index (χ2n) is 8.46. The quantitative estimate of drug-likeness (QED) is 0.686. The van der Waals surface area contributed by atoms with Crippen LogP contribution in [-0.2, 0) is 0 Å². The minimum Gasteiger partial charge on any atom is -0.408 e. The van der Waals surface area contributed by atoms with Crippen LogP contribution in [0.3, 0.4) is 0 Å². The van der Waals surface area contributed by atoms with E-state index in [-0.39, 0.29) is 5.92 Å². The molecular weight excluding hydrogens is 374 g/mol. The van der Waals surface area contributed by atoms with Gasteiger partial charge in [-0.05, 0) is 100 Å². The molecule has 1 aromatic carbocycles. The minimum atomic E-state index is -0.715. The average molecular weight is 402 g/mol. The van der Waals surface area contributed by atoms with Crippen LogP contribution in [0, 0.1) is 5.92 Å². The van der Waals surface area contributed by atoms with Gasteiger partial charge in [0.05, 0.1) is 5.52 Å². The molecule has 0 saturated heterocycles. The van der Waals surface area contributed by atoms with E-state index in [4.69, 9.17) is 4.42 Å². The third kappa shape index (κ3) is 4.69. The van der Waals surface area contributed by atoms with Gasteiger partial charge in [0, 0.05) is 6.04 Å². The van der Waals surface area contributed by atoms with Crippen molar-refractivity contribution in [1.29, 1.82) is 0 Å². The Balaban J connectivity index is 1.24. The third-order valence-corrected chi connectivity index (χ3v) is 6.53. The van der Waals surface area contributed by atoms with Gasteiger partial charge in [-0.2, -0.15) is 0 Å². The first-order chi connectivity index (χ1) is 14.0. The van der Waals surface area contributed by atoms with Crippen molar-refractivity contribution in [3.05, 3.63) is 58.1 Å². The number of nitrogens with one attached hydrogen (secondary N) is 1. The Kier molecular flexibility index (Phi) is 5.99. The Morgan fingerprint density at radius 3 is 2.72 bits per heavy atom. The molecule has 156 valence electrons. The van der Waals surface area contributed by atoms with Gasteiger partial charge in [0.15, 0.2) is 17.2 Å². The molecule has 0 bridgehead atoms. The number of hydrogen-bond acceptors (Lipinski definition) is 3. The molecule has 0 aliphatic heterocycles. The molecule has 1 unspecified atom stereocenters. The summed E-state index contributed by atoms with van der Waals surface area (Å²) in [6, 6.07) is 6.58. The second kappa shape index (κ2) is 8.66. The maximum Gasteiger partial charge on any atom is 0.417 e. The molecular formula is C23H28F2N2O2. The molecule has 4 nitrogen and oxygen atoms in total. The molecule has 1 atom stereocenters. The lowest BCUT2D eigenvalue weighted by molar-refractivity contribution is 0.178. The van der Waals surface area contributed by atoms with E-state index in [1.54, 1.807) is 0 Å². The van der Waals surface area contributed by atoms with Crippen LogP contribution < -0.4 is 5.76 Å². The predicted molar refractivity (Wildman–Crippen MR) is 110 cm³/mol. The lowest BCUT2D eigenvalue weighted by atomic mass is 9.81. The maximum atomic E-state index is 13.4. The van der Waals surface area contributed by atoms with Crippen LogP contribution in [0.25, 0.3) is 11.1 Å². The van der Waals surface area contributed by atoms with E-state index >= 15 is 0 Å². The van der Waals surface area contributed by atoms with Gasteiger partial charge < -0.3 is 9.32 Å². The number of halogens is 2. The standard InChI is InChI=1S/C23H28F2N2O2/c1-27(12-2-3-15-4-10-19(24)20(25)13-15)18-8-5-16(6-9-18)17-7-11-21-22(14-17)29-23(28)26-21/h7,10-11,13-16,18H,2-6,8-9,12H2,1H3,(H,26,28). The third-order valence-electron chi connectivity index (χ3n) is 6.53. The predicted octanol–water partition coefficient (Wildman–Crippen LogP) is 5.59. The molecule has 0 radical (unpaired) electrons. The van der Waals surface area contributed by atoms with Crippen LogP contribution in [0.5, 0.6) is 0 Å². The highest BCUT2D eigenvalue weighted by molar-refractivity contribution is 5.72. The highest BCUT2D eigenvalue weighted by atomic mass is 19.2. The summed E-state index contributed by atoms with van der Waals surface area (Å²) in [7, 11) is 2.17. The smallest absolute Gasteiger partial charge is 0.408 e. The van der Waals surface area contributed by atoms with Gasteiger partial charge in [0.25, 0.3) is 0 Å². The van der Waals surface area contributed by atoms with Gasteiger partial charge in [-0.25, -0.2) is 13.6 Å². The minimum absolute atomic E-state index is 0.113. The summed E-state index contributed by atoms with van der Waals surface area (Å²) in [6.07, 6.45) is 9.79. The zero-order chi connectivity index (χ0) is 20.4. The molecule has 0 amide bonds. The van der Waals surface area contributed by atoms with E-state index in [1.165, 1.54) is 17.7 Å². The summed E-state index contributed by atoms with van der Waals surface area (Å²) < 4.78 is 31.6. The number of nitrogens with zero attached hydrogens (tertiary/aromatic N) is 1. The van der Waals surface area contributed by atoms with E-state index in [0.717, 1.165) is 50.6 Å². The Morgan fingerprint density at radius 1 is 1.17 bits per heavy atom. The van der Waals surface area contributed by atoms with Crippen LogP contribution in [0.1, 0.15) is 56.4 Å². The van der Waals surface area contributed by atoms with Crippen molar-refractivity contribution >= 4 is 11.1 Å². The van der Waals surface area contributed by atoms with Crippen LogP contribution >= 0.6 is 0 Å². The SMILES string of the molecule is CN(CCCC1C=C(F)C(F)=CC1)C1CCC(c2ccc3[nH]c(=O)oc3c2)CC1. The molecule has 6 heteroatoms. The van der Waals surface area contributed by atoms with E-state index < -0.39 is 17.4 Å². The van der Waals surface area contributed by atoms with E-state index in [0.29, 0.717) is 24.0 Å². The zero-order valence-electron chi connectivity index (χ0n) is 16.8. The molecule has 4 rings (SSSR count). The molecule has 0 spiro atoms. The lowest BCUT2D eigenvalue weighted by Gasteiger charge is -2.35. The molecule has 1 aromatic heterocycles. The number of hydrogen-bond donors (Lipinski definition) is 1. The number of aromatic amines is 1. The molecule has 29 heavy (non-hydrogen) atoms. The van der Waals surface area contributed by atoms with E-state index in [2.05, 4.69) is 23.0 Å². The summed E-state index contributed by atoms with van der Waals surface area (Å²) in [4.78, 5) is 16.4. The number of H-pyrrole nitrogens is 1. The van der Waals surface area contributed by atoms with Crippen molar-refractivity contribution < 1.29 is 13.2 Å². The first-order valence-corrected chi connectivity index (χ1v) is 10.6. The van der Waals surface area contributed by atoms with E-state index in [9.17, 15) is 13.6 Å². The van der Waals surface area contributed by atoms with Gasteiger partial charge >= 0.3 is 5.76 Å². The largest absolute Gasteiger partial charge is 0.417 e. The van der Waals surface area contributed by atoms with Crippen molar-refractivity contribution in [2.75, 3.05) is 13.6 Å². The number of benzene rings is 1. The number of oxazole rings is 1. The van der Waals surface area contributed by atoms with Gasteiger partial charge in [-0.15, -0.1) is 0 Å². The molecule has 1 fully saturated rings. The fourth-order valence-corrected chi connectivity index (χ4v) is 4.76. The number of rotatable bonds is 6. The summed E-state index contributed by atoms with van der Waals surface area (Å²) in [5.74, 6) is -1.21. The first-order valence-electron chi connectivity index (χ1n) is 10.6. The highest BCUT2D eigenvalue weighted by Gasteiger charge is 2.25. The van der Waals surface area contributed by atoms with Crippen LogP contribution in [0.4, 0.5) is 8.78 Å². The van der Waals surface area contributed by atoms with Gasteiger partial charge in [0.2, 0.25) is 0 Å². The number of allylic oxidation sites excluding steroid dienone is 4. The summed E-state index contributed by atoms with van der Waals surface area (Å²) in [5, 5.41) is 0. The monoisotopic (exact) mass is 402 g/mol. The topological polar surface area (TPSA) is 49.2 Å². The van der Waals surface area contributed by atoms with Gasteiger partial charge in [-0.3, -0.25) is 4.98 Å². The normalized spacial score (nSPS) is 25.3. The number of aromatic nitrogens is 1. The lowest BCUT2D eigenvalue weighted by Crippen LogP contribution is -2.35. The van der Waals surface area contributed by atoms with Crippen LogP contribution in [0.2, 0.25) is 0 Å². The highest BCUT2D eigenvalue weighted by Crippen LogP contribution is 2.35. The zero-order valence-corrected chi connectivity index (χ0v) is 16.8. The number of fused-ring (bicyclic) bond motifs is 1. The fourth-order valence-electron chi connectivity index (χ4n) is 4.76. The Morgan fingerprint density at radius 2 is 1.97 bits per heavy atom. The molecule has 2 aliphatic rings.